The van der Waals surface area contributed by atoms with Gasteiger partial charge in [0.25, 0.3) is 5.69 Å². The van der Waals surface area contributed by atoms with Crippen LogP contribution < -0.4 is 5.32 Å². The average molecular weight is 324 g/mol. The molecule has 6 nitrogen and oxygen atoms in total. The van der Waals surface area contributed by atoms with Crippen LogP contribution in [0.1, 0.15) is 15.9 Å². The van der Waals surface area contributed by atoms with Crippen LogP contribution in [-0.4, -0.2) is 24.0 Å². The Labute approximate surface area is 138 Å². The molecule has 0 aromatic heterocycles. The Morgan fingerprint density at radius 2 is 2.04 bits per heavy atom. The van der Waals surface area contributed by atoms with E-state index >= 15 is 0 Å². The predicted octanol–water partition coefficient (Wildman–Crippen LogP) is 3.57. The number of nitrogens with zero attached hydrogens (tertiary/aromatic N) is 1. The van der Waals surface area contributed by atoms with Crippen LogP contribution >= 0.6 is 0 Å². The molecule has 2 aromatic carbocycles. The molecule has 122 valence electrons. The topological polar surface area (TPSA) is 81.5 Å². The first-order valence-corrected chi connectivity index (χ1v) is 7.54. The molecule has 0 amide bonds. The van der Waals surface area contributed by atoms with Gasteiger partial charge in [-0.3, -0.25) is 10.1 Å². The number of esters is 1. The van der Waals surface area contributed by atoms with Crippen LogP contribution in [0, 0.1) is 10.1 Å². The maximum Gasteiger partial charge on any atom is 0.338 e. The second-order valence-corrected chi connectivity index (χ2v) is 5.43. The quantitative estimate of drug-likeness (QED) is 0.393. The summed E-state index contributed by atoms with van der Waals surface area (Å²) in [6.45, 7) is 4.35. The minimum Gasteiger partial charge on any atom is -0.458 e. The predicted molar refractivity (Wildman–Crippen MR) is 91.2 cm³/mol. The number of fused-ring (bicyclic) bond motifs is 1. The Morgan fingerprint density at radius 3 is 2.71 bits per heavy atom. The fourth-order valence-corrected chi connectivity index (χ4v) is 2.74. The minimum atomic E-state index is -0.425. The summed E-state index contributed by atoms with van der Waals surface area (Å²) < 4.78 is 4.98. The van der Waals surface area contributed by atoms with E-state index in [0.29, 0.717) is 17.8 Å². The van der Waals surface area contributed by atoms with Gasteiger partial charge in [-0.25, -0.2) is 4.79 Å². The SMILES string of the molecule is C=CCOC(=O)c1ccc(-c2cc3c(c([N+](=O)[O-])c2)NCC3)cc1. The maximum atomic E-state index is 11.8. The molecule has 6 heteroatoms. The van der Waals surface area contributed by atoms with Crippen molar-refractivity contribution in [3.63, 3.8) is 0 Å². The van der Waals surface area contributed by atoms with Crippen molar-refractivity contribution in [2.24, 2.45) is 0 Å². The number of carbonyl (C=O) groups is 1. The first kappa shape index (κ1) is 15.7. The number of rotatable bonds is 5. The Morgan fingerprint density at radius 1 is 1.29 bits per heavy atom. The molecule has 0 aliphatic carbocycles. The van der Waals surface area contributed by atoms with E-state index in [1.165, 1.54) is 6.08 Å². The highest BCUT2D eigenvalue weighted by molar-refractivity contribution is 5.90. The summed E-state index contributed by atoms with van der Waals surface area (Å²) in [7, 11) is 0. The van der Waals surface area contributed by atoms with Crippen molar-refractivity contribution in [3.05, 3.63) is 70.3 Å². The van der Waals surface area contributed by atoms with Gasteiger partial charge >= 0.3 is 5.97 Å². The lowest BCUT2D eigenvalue weighted by atomic mass is 9.99. The van der Waals surface area contributed by atoms with E-state index in [1.807, 2.05) is 6.07 Å². The van der Waals surface area contributed by atoms with E-state index in [1.54, 1.807) is 30.3 Å². The summed E-state index contributed by atoms with van der Waals surface area (Å²) in [4.78, 5) is 22.7. The van der Waals surface area contributed by atoms with Gasteiger partial charge in [0.15, 0.2) is 0 Å². The first-order chi connectivity index (χ1) is 11.6. The van der Waals surface area contributed by atoms with Crippen LogP contribution in [0.2, 0.25) is 0 Å². The van der Waals surface area contributed by atoms with E-state index in [-0.39, 0.29) is 17.2 Å². The highest BCUT2D eigenvalue weighted by Gasteiger charge is 2.23. The maximum absolute atomic E-state index is 11.8. The van der Waals surface area contributed by atoms with Crippen LogP contribution in [-0.2, 0) is 11.2 Å². The third-order valence-corrected chi connectivity index (χ3v) is 3.88. The van der Waals surface area contributed by atoms with E-state index in [0.717, 1.165) is 23.1 Å². The van der Waals surface area contributed by atoms with Crippen molar-refractivity contribution in [2.45, 2.75) is 6.42 Å². The second kappa shape index (κ2) is 6.54. The molecule has 3 rings (SSSR count). The van der Waals surface area contributed by atoms with Gasteiger partial charge in [-0.2, -0.15) is 0 Å². The number of hydrogen-bond acceptors (Lipinski definition) is 5. The summed E-state index contributed by atoms with van der Waals surface area (Å²) in [5.74, 6) is -0.425. The van der Waals surface area contributed by atoms with Gasteiger partial charge in [0.2, 0.25) is 0 Å². The normalized spacial score (nSPS) is 12.2. The molecule has 24 heavy (non-hydrogen) atoms. The largest absolute Gasteiger partial charge is 0.458 e. The van der Waals surface area contributed by atoms with Crippen LogP contribution in [0.3, 0.4) is 0 Å². The van der Waals surface area contributed by atoms with Crippen molar-refractivity contribution in [2.75, 3.05) is 18.5 Å². The molecule has 1 aliphatic heterocycles. The number of benzene rings is 2. The third kappa shape index (κ3) is 2.99. The van der Waals surface area contributed by atoms with Crippen LogP contribution in [0.15, 0.2) is 49.1 Å². The number of ether oxygens (including phenoxy) is 1. The van der Waals surface area contributed by atoms with Crippen molar-refractivity contribution >= 4 is 17.3 Å². The molecule has 0 bridgehead atoms. The average Bonchev–Trinajstić information content (AvgIpc) is 3.07. The number of nitro benzene ring substituents is 1. The Balaban J connectivity index is 1.92. The summed E-state index contributed by atoms with van der Waals surface area (Å²) >= 11 is 0. The molecule has 0 fully saturated rings. The smallest absolute Gasteiger partial charge is 0.338 e. The molecule has 0 radical (unpaired) electrons. The molecule has 0 saturated carbocycles. The lowest BCUT2D eigenvalue weighted by Gasteiger charge is -2.08. The molecule has 0 saturated heterocycles. The Hall–Kier alpha value is -3.15. The second-order valence-electron chi connectivity index (χ2n) is 5.43. The molecule has 1 aliphatic rings. The highest BCUT2D eigenvalue weighted by atomic mass is 16.6. The number of anilines is 1. The molecular formula is C18H16N2O4. The van der Waals surface area contributed by atoms with Gasteiger partial charge in [0.1, 0.15) is 12.3 Å². The summed E-state index contributed by atoms with van der Waals surface area (Å²) in [6.07, 6.45) is 2.26. The van der Waals surface area contributed by atoms with Gasteiger partial charge in [-0.1, -0.05) is 24.8 Å². The van der Waals surface area contributed by atoms with Gasteiger partial charge in [0, 0.05) is 12.6 Å². The van der Waals surface area contributed by atoms with Gasteiger partial charge in [-0.05, 0) is 41.3 Å². The van der Waals surface area contributed by atoms with Crippen LogP contribution in [0.4, 0.5) is 11.4 Å². The number of nitrogens with one attached hydrogen (secondary N) is 1. The molecular weight excluding hydrogens is 308 g/mol. The van der Waals surface area contributed by atoms with E-state index < -0.39 is 5.97 Å². The monoisotopic (exact) mass is 324 g/mol. The summed E-state index contributed by atoms with van der Waals surface area (Å²) in [5, 5.41) is 14.3. The number of hydrogen-bond donors (Lipinski definition) is 1. The molecule has 0 atom stereocenters. The fourth-order valence-electron chi connectivity index (χ4n) is 2.74. The van der Waals surface area contributed by atoms with Crippen molar-refractivity contribution in [1.82, 2.24) is 0 Å². The van der Waals surface area contributed by atoms with Gasteiger partial charge in [-0.15, -0.1) is 0 Å². The van der Waals surface area contributed by atoms with E-state index in [2.05, 4.69) is 11.9 Å². The van der Waals surface area contributed by atoms with Crippen LogP contribution in [0.25, 0.3) is 11.1 Å². The standard InChI is InChI=1S/C18H16N2O4/c1-2-9-24-18(21)13-5-3-12(4-6-13)15-10-14-7-8-19-17(14)16(11-15)20(22)23/h2-6,10-11,19H,1,7-9H2. The van der Waals surface area contributed by atoms with Crippen molar-refractivity contribution < 1.29 is 14.5 Å². The van der Waals surface area contributed by atoms with E-state index in [4.69, 9.17) is 4.74 Å². The first-order valence-electron chi connectivity index (χ1n) is 7.54. The zero-order valence-electron chi connectivity index (χ0n) is 13.0. The zero-order valence-corrected chi connectivity index (χ0v) is 13.0. The summed E-state index contributed by atoms with van der Waals surface area (Å²) in [5.41, 5.74) is 3.62. The summed E-state index contributed by atoms with van der Waals surface area (Å²) in [6, 6.07) is 10.3. The van der Waals surface area contributed by atoms with Crippen molar-refractivity contribution in [3.8, 4) is 11.1 Å². The van der Waals surface area contributed by atoms with Crippen molar-refractivity contribution in [1.29, 1.82) is 0 Å². The number of nitro groups is 1. The fraction of sp³-hybridized carbons (Fsp3) is 0.167. The zero-order chi connectivity index (χ0) is 17.1. The highest BCUT2D eigenvalue weighted by Crippen LogP contribution is 2.37. The molecule has 0 spiro atoms. The van der Waals surface area contributed by atoms with Gasteiger partial charge < -0.3 is 10.1 Å². The molecule has 0 unspecified atom stereocenters. The third-order valence-electron chi connectivity index (χ3n) is 3.88. The molecule has 1 heterocycles. The lowest BCUT2D eigenvalue weighted by Crippen LogP contribution is -2.04. The Bertz CT molecular complexity index is 813. The molecule has 2 aromatic rings. The molecule has 1 N–H and O–H groups in total. The van der Waals surface area contributed by atoms with Crippen LogP contribution in [0.5, 0.6) is 0 Å². The number of carbonyl (C=O) groups excluding carboxylic acids is 1. The lowest BCUT2D eigenvalue weighted by molar-refractivity contribution is -0.383. The van der Waals surface area contributed by atoms with Gasteiger partial charge in [0.05, 0.1) is 10.5 Å². The Kier molecular flexibility index (Phi) is 4.29. The van der Waals surface area contributed by atoms with E-state index in [9.17, 15) is 14.9 Å². The minimum absolute atomic E-state index is 0.0782.